The Morgan fingerprint density at radius 1 is 1.19 bits per heavy atom. The van der Waals surface area contributed by atoms with E-state index in [-0.39, 0.29) is 19.6 Å². The summed E-state index contributed by atoms with van der Waals surface area (Å²) >= 11 is 0. The molecular formula is C10H13O6-. The summed E-state index contributed by atoms with van der Waals surface area (Å²) in [6.07, 6.45) is -0.104. The van der Waals surface area contributed by atoms with Gasteiger partial charge in [-0.1, -0.05) is 0 Å². The number of carboxylic acids is 1. The van der Waals surface area contributed by atoms with Gasteiger partial charge in [-0.2, -0.15) is 0 Å². The molecule has 0 aromatic heterocycles. The zero-order chi connectivity index (χ0) is 12.3. The van der Waals surface area contributed by atoms with Crippen molar-refractivity contribution >= 4 is 17.9 Å². The van der Waals surface area contributed by atoms with Gasteiger partial charge in [-0.15, -0.1) is 0 Å². The van der Waals surface area contributed by atoms with Crippen molar-refractivity contribution in [1.82, 2.24) is 0 Å². The molecule has 1 aliphatic rings. The number of carboxylic acid groups (broad SMARTS) is 1. The normalized spacial score (nSPS) is 21.0. The number of hydrogen-bond donors (Lipinski definition) is 0. The summed E-state index contributed by atoms with van der Waals surface area (Å²) < 4.78 is 9.37. The van der Waals surface area contributed by atoms with E-state index in [1.165, 1.54) is 0 Å². The van der Waals surface area contributed by atoms with Crippen LogP contribution in [0.15, 0.2) is 0 Å². The first kappa shape index (κ1) is 12.5. The van der Waals surface area contributed by atoms with Crippen molar-refractivity contribution in [2.45, 2.75) is 20.3 Å². The fraction of sp³-hybridized carbons (Fsp3) is 0.700. The average Bonchev–Trinajstić information content (AvgIpc) is 2.94. The molecule has 1 aliphatic carbocycles. The Labute approximate surface area is 92.5 Å². The molecule has 1 saturated carbocycles. The molecule has 0 aliphatic heterocycles. The van der Waals surface area contributed by atoms with Gasteiger partial charge in [0.1, 0.15) is 0 Å². The highest BCUT2D eigenvalue weighted by atomic mass is 16.6. The maximum absolute atomic E-state index is 11.5. The molecule has 0 radical (unpaired) electrons. The summed E-state index contributed by atoms with van der Waals surface area (Å²) in [7, 11) is 0. The molecule has 16 heavy (non-hydrogen) atoms. The Hall–Kier alpha value is -1.59. The molecule has 0 amide bonds. The predicted octanol–water partition coefficient (Wildman–Crippen LogP) is -1.13. The number of rotatable bonds is 5. The number of carbonyl (C=O) groups is 3. The quantitative estimate of drug-likeness (QED) is 0.437. The molecule has 1 fully saturated rings. The molecule has 0 N–H and O–H groups in total. The molecule has 0 heterocycles. The van der Waals surface area contributed by atoms with E-state index >= 15 is 0 Å². The van der Waals surface area contributed by atoms with Gasteiger partial charge < -0.3 is 19.4 Å². The van der Waals surface area contributed by atoms with Crippen molar-refractivity contribution in [3.8, 4) is 0 Å². The maximum Gasteiger partial charge on any atom is 0.324 e. The van der Waals surface area contributed by atoms with Gasteiger partial charge in [0.25, 0.3) is 0 Å². The highest BCUT2D eigenvalue weighted by Crippen LogP contribution is 2.54. The van der Waals surface area contributed by atoms with Gasteiger partial charge in [0.05, 0.1) is 13.2 Å². The Balaban J connectivity index is 2.85. The maximum atomic E-state index is 11.5. The minimum atomic E-state index is -1.68. The molecule has 1 unspecified atom stereocenters. The lowest BCUT2D eigenvalue weighted by Gasteiger charge is -2.14. The lowest BCUT2D eigenvalue weighted by molar-refractivity contribution is -0.309. The number of ether oxygens (including phenoxy) is 2. The second-order valence-corrected chi connectivity index (χ2v) is 3.49. The van der Waals surface area contributed by atoms with Crippen LogP contribution < -0.4 is 5.11 Å². The number of carbonyl (C=O) groups excluding carboxylic acids is 3. The lowest BCUT2D eigenvalue weighted by atomic mass is 10.0. The smallest absolute Gasteiger partial charge is 0.324 e. The van der Waals surface area contributed by atoms with E-state index in [0.29, 0.717) is 0 Å². The summed E-state index contributed by atoms with van der Waals surface area (Å²) in [5, 5.41) is 10.7. The third kappa shape index (κ3) is 1.87. The van der Waals surface area contributed by atoms with Crippen LogP contribution in [0.3, 0.4) is 0 Å². The van der Waals surface area contributed by atoms with Crippen LogP contribution in [0.5, 0.6) is 0 Å². The summed E-state index contributed by atoms with van der Waals surface area (Å²) in [6, 6.07) is 0. The largest absolute Gasteiger partial charge is 0.550 e. The van der Waals surface area contributed by atoms with Crippen LogP contribution in [0.1, 0.15) is 20.3 Å². The zero-order valence-electron chi connectivity index (χ0n) is 9.15. The first-order valence-electron chi connectivity index (χ1n) is 5.06. The lowest BCUT2D eigenvalue weighted by Crippen LogP contribution is -2.37. The Morgan fingerprint density at radius 3 is 1.88 bits per heavy atom. The van der Waals surface area contributed by atoms with Gasteiger partial charge in [-0.05, 0) is 20.3 Å². The van der Waals surface area contributed by atoms with Crippen LogP contribution in [0, 0.1) is 11.3 Å². The van der Waals surface area contributed by atoms with Crippen molar-refractivity contribution in [3.63, 3.8) is 0 Å². The van der Waals surface area contributed by atoms with Crippen LogP contribution >= 0.6 is 0 Å². The van der Waals surface area contributed by atoms with Crippen molar-refractivity contribution in [2.24, 2.45) is 11.3 Å². The average molecular weight is 229 g/mol. The minimum absolute atomic E-state index is 0.0831. The first-order chi connectivity index (χ1) is 7.50. The molecule has 0 aromatic carbocycles. The highest BCUT2D eigenvalue weighted by molar-refractivity contribution is 6.08. The third-order valence-corrected chi connectivity index (χ3v) is 2.52. The summed E-state index contributed by atoms with van der Waals surface area (Å²) in [4.78, 5) is 33.8. The van der Waals surface area contributed by atoms with Gasteiger partial charge >= 0.3 is 11.9 Å². The van der Waals surface area contributed by atoms with Gasteiger partial charge in [0, 0.05) is 11.9 Å². The standard InChI is InChI=1S/C10H14O6/c1-3-15-8(13)10(9(14)16-4-2)5-6(10)7(11)12/h6H,3-5H2,1-2H3,(H,11,12)/p-1. The summed E-state index contributed by atoms with van der Waals surface area (Å²) in [5.74, 6) is -4.25. The van der Waals surface area contributed by atoms with Crippen LogP contribution in [-0.4, -0.2) is 31.1 Å². The van der Waals surface area contributed by atoms with Crippen LogP contribution in [0.4, 0.5) is 0 Å². The van der Waals surface area contributed by atoms with Crippen LogP contribution in [0.2, 0.25) is 0 Å². The van der Waals surface area contributed by atoms with E-state index in [4.69, 9.17) is 0 Å². The number of esters is 2. The number of hydrogen-bond acceptors (Lipinski definition) is 6. The fourth-order valence-corrected chi connectivity index (χ4v) is 1.60. The summed E-state index contributed by atoms with van der Waals surface area (Å²) in [6.45, 7) is 3.32. The second kappa shape index (κ2) is 4.51. The first-order valence-corrected chi connectivity index (χ1v) is 5.06. The molecular weight excluding hydrogens is 216 g/mol. The molecule has 0 bridgehead atoms. The monoisotopic (exact) mass is 229 g/mol. The van der Waals surface area contributed by atoms with E-state index < -0.39 is 29.2 Å². The van der Waals surface area contributed by atoms with Crippen LogP contribution in [0.25, 0.3) is 0 Å². The van der Waals surface area contributed by atoms with Gasteiger partial charge in [-0.25, -0.2) is 0 Å². The van der Waals surface area contributed by atoms with Crippen molar-refractivity contribution in [1.29, 1.82) is 0 Å². The highest BCUT2D eigenvalue weighted by Gasteiger charge is 2.68. The van der Waals surface area contributed by atoms with Gasteiger partial charge in [0.15, 0.2) is 5.41 Å². The SMILES string of the molecule is CCOC(=O)C1(C(=O)OCC)CC1C(=O)[O-]. The molecule has 1 rings (SSSR count). The van der Waals surface area contributed by atoms with Crippen molar-refractivity contribution in [3.05, 3.63) is 0 Å². The van der Waals surface area contributed by atoms with Crippen molar-refractivity contribution < 1.29 is 29.0 Å². The van der Waals surface area contributed by atoms with E-state index in [0.717, 1.165) is 0 Å². The second-order valence-electron chi connectivity index (χ2n) is 3.49. The Bertz CT molecular complexity index is 303. The molecule has 6 heteroatoms. The fourth-order valence-electron chi connectivity index (χ4n) is 1.60. The van der Waals surface area contributed by atoms with Gasteiger partial charge in [-0.3, -0.25) is 9.59 Å². The Morgan fingerprint density at radius 2 is 1.62 bits per heavy atom. The third-order valence-electron chi connectivity index (χ3n) is 2.52. The predicted molar refractivity (Wildman–Crippen MR) is 48.8 cm³/mol. The number of aliphatic carboxylic acids is 1. The van der Waals surface area contributed by atoms with Crippen LogP contribution in [-0.2, 0) is 23.9 Å². The van der Waals surface area contributed by atoms with E-state index in [2.05, 4.69) is 9.47 Å². The zero-order valence-corrected chi connectivity index (χ0v) is 9.15. The van der Waals surface area contributed by atoms with Crippen molar-refractivity contribution in [2.75, 3.05) is 13.2 Å². The molecule has 6 nitrogen and oxygen atoms in total. The minimum Gasteiger partial charge on any atom is -0.550 e. The molecule has 0 saturated heterocycles. The Kier molecular flexibility index (Phi) is 3.51. The topological polar surface area (TPSA) is 92.7 Å². The summed E-state index contributed by atoms with van der Waals surface area (Å²) in [5.41, 5.74) is -1.68. The van der Waals surface area contributed by atoms with E-state index in [1.54, 1.807) is 13.8 Å². The van der Waals surface area contributed by atoms with E-state index in [1.807, 2.05) is 0 Å². The molecule has 0 spiro atoms. The molecule has 90 valence electrons. The molecule has 1 atom stereocenters. The van der Waals surface area contributed by atoms with E-state index in [9.17, 15) is 19.5 Å². The van der Waals surface area contributed by atoms with Gasteiger partial charge in [0.2, 0.25) is 0 Å². The molecule has 0 aromatic rings.